The first-order chi connectivity index (χ1) is 7.11. The lowest BCUT2D eigenvalue weighted by Crippen LogP contribution is -2.27. The van der Waals surface area contributed by atoms with Crippen molar-refractivity contribution in [3.8, 4) is 0 Å². The Morgan fingerprint density at radius 3 is 2.44 bits per heavy atom. The molecule has 0 saturated heterocycles. The third kappa shape index (κ3) is 2.57. The van der Waals surface area contributed by atoms with Gasteiger partial charge < -0.3 is 5.73 Å². The second-order valence-electron chi connectivity index (χ2n) is 3.84. The van der Waals surface area contributed by atoms with Gasteiger partial charge in [0.25, 0.3) is 0 Å². The molecule has 1 fully saturated rings. The quantitative estimate of drug-likeness (QED) is 0.829. The Hall–Kier alpha value is 0.270. The summed E-state index contributed by atoms with van der Waals surface area (Å²) >= 11 is 17.9. The summed E-state index contributed by atoms with van der Waals surface area (Å²) in [7, 11) is 0. The van der Waals surface area contributed by atoms with Crippen molar-refractivity contribution < 1.29 is 0 Å². The fourth-order valence-corrected chi connectivity index (χ4v) is 2.54. The van der Waals surface area contributed by atoms with Gasteiger partial charge in [-0.2, -0.15) is 0 Å². The maximum absolute atomic E-state index is 6.12. The van der Waals surface area contributed by atoms with Crippen LogP contribution in [0.1, 0.15) is 30.9 Å². The van der Waals surface area contributed by atoms with Gasteiger partial charge in [-0.3, -0.25) is 0 Å². The van der Waals surface area contributed by atoms with E-state index in [4.69, 9.17) is 40.5 Å². The van der Waals surface area contributed by atoms with Gasteiger partial charge in [0.1, 0.15) is 5.15 Å². The predicted molar refractivity (Wildman–Crippen MR) is 70.8 cm³/mol. The van der Waals surface area contributed by atoms with Crippen LogP contribution in [0.4, 0.5) is 0 Å². The third-order valence-electron chi connectivity index (χ3n) is 2.96. The van der Waals surface area contributed by atoms with Gasteiger partial charge in [-0.1, -0.05) is 41.2 Å². The first-order valence-corrected chi connectivity index (χ1v) is 5.99. The molecule has 0 radical (unpaired) electrons. The van der Waals surface area contributed by atoms with Crippen molar-refractivity contribution in [1.29, 1.82) is 0 Å². The number of pyridine rings is 1. The van der Waals surface area contributed by atoms with E-state index in [1.807, 2.05) is 0 Å². The standard InChI is InChI=1S/C10H11Cl3N2.ClH/c11-6-4-15-10(13)8(12)7(6)9(14)5-2-1-3-5;/h4-5,9H,1-3,14H2;1H/t9-;/m1./s1. The maximum Gasteiger partial charge on any atom is 0.148 e. The van der Waals surface area contributed by atoms with Crippen LogP contribution in [0.5, 0.6) is 0 Å². The minimum atomic E-state index is -0.126. The Morgan fingerprint density at radius 1 is 1.31 bits per heavy atom. The van der Waals surface area contributed by atoms with Gasteiger partial charge in [0.2, 0.25) is 0 Å². The molecule has 0 amide bonds. The van der Waals surface area contributed by atoms with E-state index in [1.54, 1.807) is 0 Å². The van der Waals surface area contributed by atoms with E-state index in [-0.39, 0.29) is 23.6 Å². The van der Waals surface area contributed by atoms with Gasteiger partial charge in [-0.05, 0) is 18.8 Å². The van der Waals surface area contributed by atoms with Gasteiger partial charge >= 0.3 is 0 Å². The molecule has 0 unspecified atom stereocenters. The summed E-state index contributed by atoms with van der Waals surface area (Å²) in [6.45, 7) is 0. The van der Waals surface area contributed by atoms with E-state index in [2.05, 4.69) is 4.98 Å². The fraction of sp³-hybridized carbons (Fsp3) is 0.500. The molecule has 1 aliphatic carbocycles. The molecule has 2 nitrogen and oxygen atoms in total. The monoisotopic (exact) mass is 300 g/mol. The van der Waals surface area contributed by atoms with Crippen LogP contribution in [0, 0.1) is 5.92 Å². The lowest BCUT2D eigenvalue weighted by atomic mass is 9.78. The molecule has 16 heavy (non-hydrogen) atoms. The normalized spacial score (nSPS) is 17.5. The molecule has 1 aliphatic rings. The van der Waals surface area contributed by atoms with Gasteiger partial charge in [0.05, 0.1) is 10.0 Å². The van der Waals surface area contributed by atoms with Crippen molar-refractivity contribution in [3.63, 3.8) is 0 Å². The zero-order valence-electron chi connectivity index (χ0n) is 8.42. The molecule has 1 aromatic rings. The molecule has 90 valence electrons. The highest BCUT2D eigenvalue weighted by molar-refractivity contribution is 6.43. The molecule has 0 spiro atoms. The molecule has 0 aromatic carbocycles. The second-order valence-corrected chi connectivity index (χ2v) is 4.98. The zero-order chi connectivity index (χ0) is 11.0. The average molecular weight is 302 g/mol. The molecular weight excluding hydrogens is 290 g/mol. The summed E-state index contributed by atoms with van der Waals surface area (Å²) < 4.78 is 0. The number of nitrogens with two attached hydrogens (primary N) is 1. The Bertz CT molecular complexity index is 379. The van der Waals surface area contributed by atoms with Crippen LogP contribution in [0.15, 0.2) is 6.20 Å². The molecule has 2 N–H and O–H groups in total. The number of rotatable bonds is 2. The number of aromatic nitrogens is 1. The fourth-order valence-electron chi connectivity index (χ4n) is 1.80. The summed E-state index contributed by atoms with van der Waals surface area (Å²) in [6.07, 6.45) is 5.00. The summed E-state index contributed by atoms with van der Waals surface area (Å²) in [4.78, 5) is 3.87. The third-order valence-corrected chi connectivity index (χ3v) is 4.02. The van der Waals surface area contributed by atoms with Crippen molar-refractivity contribution in [2.24, 2.45) is 11.7 Å². The summed E-state index contributed by atoms with van der Waals surface area (Å²) in [5.74, 6) is 0.471. The highest BCUT2D eigenvalue weighted by Gasteiger charge is 2.29. The van der Waals surface area contributed by atoms with Gasteiger partial charge in [0.15, 0.2) is 0 Å². The van der Waals surface area contributed by atoms with E-state index in [9.17, 15) is 0 Å². The van der Waals surface area contributed by atoms with Crippen LogP contribution in [-0.4, -0.2) is 4.98 Å². The Kier molecular flexibility index (Phi) is 5.14. The largest absolute Gasteiger partial charge is 0.324 e. The second kappa shape index (κ2) is 5.74. The lowest BCUT2D eigenvalue weighted by molar-refractivity contribution is 0.264. The Labute approximate surface area is 116 Å². The van der Waals surface area contributed by atoms with Crippen molar-refractivity contribution >= 4 is 47.2 Å². The first kappa shape index (κ1) is 14.3. The van der Waals surface area contributed by atoms with Crippen LogP contribution >= 0.6 is 47.2 Å². The zero-order valence-corrected chi connectivity index (χ0v) is 11.5. The number of hydrogen-bond donors (Lipinski definition) is 1. The van der Waals surface area contributed by atoms with Crippen LogP contribution < -0.4 is 5.73 Å². The van der Waals surface area contributed by atoms with E-state index < -0.39 is 0 Å². The first-order valence-electron chi connectivity index (χ1n) is 4.86. The van der Waals surface area contributed by atoms with E-state index in [0.717, 1.165) is 18.4 Å². The van der Waals surface area contributed by atoms with Crippen molar-refractivity contribution in [2.45, 2.75) is 25.3 Å². The number of halogens is 4. The van der Waals surface area contributed by atoms with Crippen LogP contribution in [0.3, 0.4) is 0 Å². The molecule has 1 atom stereocenters. The smallest absolute Gasteiger partial charge is 0.148 e. The lowest BCUT2D eigenvalue weighted by Gasteiger charge is -2.32. The molecule has 2 rings (SSSR count). The highest BCUT2D eigenvalue weighted by atomic mass is 35.5. The molecule has 1 saturated carbocycles. The van der Waals surface area contributed by atoms with Gasteiger partial charge in [-0.25, -0.2) is 4.98 Å². The van der Waals surface area contributed by atoms with E-state index in [0.29, 0.717) is 16.0 Å². The Balaban J connectivity index is 0.00000128. The summed E-state index contributed by atoms with van der Waals surface area (Å²) in [6, 6.07) is -0.126. The molecule has 6 heteroatoms. The molecule has 0 bridgehead atoms. The topological polar surface area (TPSA) is 38.9 Å². The van der Waals surface area contributed by atoms with Crippen LogP contribution in [0.25, 0.3) is 0 Å². The molecule has 0 aliphatic heterocycles. The number of nitrogens with zero attached hydrogens (tertiary/aromatic N) is 1. The SMILES string of the molecule is Cl.N[C@@H](c1c(Cl)cnc(Cl)c1Cl)C1CCC1. The summed E-state index contributed by atoms with van der Waals surface area (Å²) in [5.41, 5.74) is 6.85. The van der Waals surface area contributed by atoms with Crippen LogP contribution in [0.2, 0.25) is 15.2 Å². The van der Waals surface area contributed by atoms with Crippen LogP contribution in [-0.2, 0) is 0 Å². The van der Waals surface area contributed by atoms with E-state index in [1.165, 1.54) is 12.6 Å². The van der Waals surface area contributed by atoms with Crippen molar-refractivity contribution in [2.75, 3.05) is 0 Å². The van der Waals surface area contributed by atoms with Gasteiger partial charge in [-0.15, -0.1) is 12.4 Å². The predicted octanol–water partition coefficient (Wildman–Crippen LogP) is 4.26. The average Bonchev–Trinajstić information content (AvgIpc) is 2.09. The number of hydrogen-bond acceptors (Lipinski definition) is 2. The summed E-state index contributed by atoms with van der Waals surface area (Å²) in [5, 5.41) is 1.17. The highest BCUT2D eigenvalue weighted by Crippen LogP contribution is 2.42. The van der Waals surface area contributed by atoms with Crippen molar-refractivity contribution in [3.05, 3.63) is 27.0 Å². The van der Waals surface area contributed by atoms with Gasteiger partial charge in [0, 0.05) is 17.8 Å². The molecular formula is C10H12Cl4N2. The maximum atomic E-state index is 6.12. The van der Waals surface area contributed by atoms with E-state index >= 15 is 0 Å². The Morgan fingerprint density at radius 2 is 1.94 bits per heavy atom. The molecule has 1 aromatic heterocycles. The molecule has 1 heterocycles. The van der Waals surface area contributed by atoms with Crippen molar-refractivity contribution in [1.82, 2.24) is 4.98 Å². The minimum Gasteiger partial charge on any atom is -0.324 e. The minimum absolute atomic E-state index is 0.